The molecule has 2 atom stereocenters. The minimum absolute atomic E-state index is 0.138. The van der Waals surface area contributed by atoms with Crippen molar-refractivity contribution < 1.29 is 19.1 Å². The van der Waals surface area contributed by atoms with E-state index >= 15 is 0 Å². The Kier molecular flexibility index (Phi) is 16.8. The summed E-state index contributed by atoms with van der Waals surface area (Å²) < 4.78 is 10.6. The van der Waals surface area contributed by atoms with Crippen LogP contribution in [-0.4, -0.2) is 30.4 Å². The van der Waals surface area contributed by atoms with Crippen LogP contribution >= 0.6 is 0 Å². The SMILES string of the molecule is CCCCC(CC)COC(=O)Nc1ccc(N)c(NC(=O)OCC(CC)CCCC)n1.Nc1ccccc1. The Morgan fingerprint density at radius 1 is 0.789 bits per heavy atom. The standard InChI is InChI=1S/C23H40N4O4.C6H7N/c1-5-9-11-17(7-3)15-30-22(28)26-20-14-13-19(24)21(25-20)27-23(29)31-16-18(8-4)12-10-6-2;7-6-4-2-1-3-5-6/h13-14,17-18H,5-12,15-16,24H2,1-4H3,(H2,25,26,27,28,29);1-5H,7H2. The summed E-state index contributed by atoms with van der Waals surface area (Å²) in [6, 6.07) is 12.6. The van der Waals surface area contributed by atoms with Gasteiger partial charge in [-0.05, 0) is 48.9 Å². The molecular weight excluding hydrogens is 482 g/mol. The summed E-state index contributed by atoms with van der Waals surface area (Å²) >= 11 is 0. The second-order valence-electron chi connectivity index (χ2n) is 9.32. The fourth-order valence-corrected chi connectivity index (χ4v) is 3.55. The molecule has 6 N–H and O–H groups in total. The summed E-state index contributed by atoms with van der Waals surface area (Å²) in [4.78, 5) is 28.5. The van der Waals surface area contributed by atoms with Gasteiger partial charge >= 0.3 is 12.2 Å². The normalized spacial score (nSPS) is 11.9. The predicted octanol–water partition coefficient (Wildman–Crippen LogP) is 7.46. The van der Waals surface area contributed by atoms with E-state index in [2.05, 4.69) is 43.3 Å². The maximum Gasteiger partial charge on any atom is 0.412 e. The van der Waals surface area contributed by atoms with Gasteiger partial charge in [-0.1, -0.05) is 84.4 Å². The summed E-state index contributed by atoms with van der Waals surface area (Å²) in [5.41, 5.74) is 12.4. The van der Waals surface area contributed by atoms with E-state index in [4.69, 9.17) is 20.9 Å². The van der Waals surface area contributed by atoms with Gasteiger partial charge in [0.1, 0.15) is 5.82 Å². The van der Waals surface area contributed by atoms with Crippen molar-refractivity contribution in [2.75, 3.05) is 35.3 Å². The molecule has 9 heteroatoms. The highest BCUT2D eigenvalue weighted by molar-refractivity contribution is 5.89. The zero-order valence-electron chi connectivity index (χ0n) is 23.5. The number of carbonyl (C=O) groups is 2. The van der Waals surface area contributed by atoms with Crippen LogP contribution in [0.1, 0.15) is 79.1 Å². The number of hydrogen-bond acceptors (Lipinski definition) is 7. The molecule has 0 aliphatic heterocycles. The fraction of sp³-hybridized carbons (Fsp3) is 0.552. The zero-order valence-corrected chi connectivity index (χ0v) is 23.5. The van der Waals surface area contributed by atoms with Crippen LogP contribution in [0.4, 0.5) is 32.6 Å². The summed E-state index contributed by atoms with van der Waals surface area (Å²) in [5, 5.41) is 5.13. The van der Waals surface area contributed by atoms with Gasteiger partial charge in [-0.2, -0.15) is 0 Å². The van der Waals surface area contributed by atoms with Gasteiger partial charge in [-0.15, -0.1) is 0 Å². The van der Waals surface area contributed by atoms with Crippen LogP contribution in [-0.2, 0) is 9.47 Å². The Labute approximate surface area is 228 Å². The molecule has 212 valence electrons. The second-order valence-corrected chi connectivity index (χ2v) is 9.32. The minimum Gasteiger partial charge on any atom is -0.449 e. The number of hydrogen-bond donors (Lipinski definition) is 4. The van der Waals surface area contributed by atoms with E-state index in [1.807, 2.05) is 30.3 Å². The molecule has 38 heavy (non-hydrogen) atoms. The fourth-order valence-electron chi connectivity index (χ4n) is 3.55. The molecule has 0 radical (unpaired) electrons. The maximum atomic E-state index is 12.1. The number of nitrogens with two attached hydrogens (primary N) is 2. The highest BCUT2D eigenvalue weighted by Crippen LogP contribution is 2.20. The van der Waals surface area contributed by atoms with Crippen LogP contribution in [0.5, 0.6) is 0 Å². The van der Waals surface area contributed by atoms with Gasteiger partial charge in [0.05, 0.1) is 18.9 Å². The van der Waals surface area contributed by atoms with E-state index in [9.17, 15) is 9.59 Å². The highest BCUT2D eigenvalue weighted by Gasteiger charge is 2.14. The molecule has 1 aromatic carbocycles. The van der Waals surface area contributed by atoms with Crippen LogP contribution < -0.4 is 22.1 Å². The molecule has 9 nitrogen and oxygen atoms in total. The molecule has 1 aromatic heterocycles. The van der Waals surface area contributed by atoms with Gasteiger partial charge in [0, 0.05) is 5.69 Å². The first-order valence-corrected chi connectivity index (χ1v) is 13.8. The number of benzene rings is 1. The third-order valence-corrected chi connectivity index (χ3v) is 6.16. The number of para-hydroxylation sites is 1. The average Bonchev–Trinajstić information content (AvgIpc) is 2.91. The first-order chi connectivity index (χ1) is 18.3. The molecule has 0 fully saturated rings. The Morgan fingerprint density at radius 2 is 1.32 bits per heavy atom. The van der Waals surface area contributed by atoms with E-state index in [0.717, 1.165) is 57.1 Å². The van der Waals surface area contributed by atoms with Crippen LogP contribution in [0.2, 0.25) is 0 Å². The molecule has 0 bridgehead atoms. The lowest BCUT2D eigenvalue weighted by Crippen LogP contribution is -2.21. The molecule has 2 aromatic rings. The molecule has 1 heterocycles. The average molecular weight is 530 g/mol. The third kappa shape index (κ3) is 14.3. The monoisotopic (exact) mass is 529 g/mol. The van der Waals surface area contributed by atoms with E-state index in [-0.39, 0.29) is 17.3 Å². The van der Waals surface area contributed by atoms with Gasteiger partial charge in [-0.3, -0.25) is 10.6 Å². The first-order valence-electron chi connectivity index (χ1n) is 13.8. The van der Waals surface area contributed by atoms with Crippen molar-refractivity contribution in [2.45, 2.75) is 79.1 Å². The Hall–Kier alpha value is -3.49. The van der Waals surface area contributed by atoms with Gasteiger partial charge in [0.25, 0.3) is 0 Å². The molecule has 0 saturated carbocycles. The molecule has 0 aliphatic rings. The van der Waals surface area contributed by atoms with Crippen LogP contribution in [0.15, 0.2) is 42.5 Å². The lowest BCUT2D eigenvalue weighted by molar-refractivity contribution is 0.135. The van der Waals surface area contributed by atoms with E-state index in [1.54, 1.807) is 12.1 Å². The van der Waals surface area contributed by atoms with Crippen molar-refractivity contribution in [3.63, 3.8) is 0 Å². The molecule has 0 saturated heterocycles. The molecular formula is C29H47N5O4. The van der Waals surface area contributed by atoms with Crippen molar-refractivity contribution in [2.24, 2.45) is 11.8 Å². The van der Waals surface area contributed by atoms with E-state index in [1.165, 1.54) is 0 Å². The van der Waals surface area contributed by atoms with Crippen LogP contribution in [0.25, 0.3) is 0 Å². The van der Waals surface area contributed by atoms with Crippen molar-refractivity contribution in [1.29, 1.82) is 0 Å². The number of amides is 2. The lowest BCUT2D eigenvalue weighted by Gasteiger charge is -2.16. The molecule has 2 unspecified atom stereocenters. The molecule has 2 amide bonds. The second kappa shape index (κ2) is 19.6. The predicted molar refractivity (Wildman–Crippen MR) is 156 cm³/mol. The van der Waals surface area contributed by atoms with Crippen molar-refractivity contribution in [1.82, 2.24) is 4.98 Å². The minimum atomic E-state index is -0.615. The summed E-state index contributed by atoms with van der Waals surface area (Å²) in [6.07, 6.45) is 7.24. The molecule has 2 rings (SSSR count). The highest BCUT2D eigenvalue weighted by atomic mass is 16.6. The number of nitrogens with zero attached hydrogens (tertiary/aromatic N) is 1. The number of rotatable bonds is 14. The van der Waals surface area contributed by atoms with Crippen LogP contribution in [0, 0.1) is 11.8 Å². The van der Waals surface area contributed by atoms with Gasteiger partial charge in [0.2, 0.25) is 0 Å². The number of nitrogen functional groups attached to an aromatic ring is 2. The Balaban J connectivity index is 0.000000884. The smallest absolute Gasteiger partial charge is 0.412 e. The van der Waals surface area contributed by atoms with Crippen molar-refractivity contribution in [3.8, 4) is 0 Å². The van der Waals surface area contributed by atoms with Crippen molar-refractivity contribution >= 4 is 35.2 Å². The Bertz CT molecular complexity index is 926. The molecule has 0 spiro atoms. The van der Waals surface area contributed by atoms with Gasteiger partial charge in [0.15, 0.2) is 5.82 Å². The topological polar surface area (TPSA) is 142 Å². The van der Waals surface area contributed by atoms with Crippen molar-refractivity contribution in [3.05, 3.63) is 42.5 Å². The third-order valence-electron chi connectivity index (χ3n) is 6.16. The number of aromatic nitrogens is 1. The number of nitrogens with one attached hydrogen (secondary N) is 2. The summed E-state index contributed by atoms with van der Waals surface area (Å²) in [6.45, 7) is 9.17. The number of pyridine rings is 1. The number of unbranched alkanes of at least 4 members (excludes halogenated alkanes) is 2. The maximum absolute atomic E-state index is 12.1. The first kappa shape index (κ1) is 32.5. The number of ether oxygens (including phenoxy) is 2. The zero-order chi connectivity index (χ0) is 28.2. The summed E-state index contributed by atoms with van der Waals surface area (Å²) in [5.74, 6) is 1.06. The molecule has 0 aliphatic carbocycles. The quantitative estimate of drug-likeness (QED) is 0.186. The number of anilines is 4. The lowest BCUT2D eigenvalue weighted by atomic mass is 10.0. The largest absolute Gasteiger partial charge is 0.449 e. The Morgan fingerprint density at radius 3 is 1.76 bits per heavy atom. The van der Waals surface area contributed by atoms with Gasteiger partial charge in [-0.25, -0.2) is 14.6 Å². The number of carbonyl (C=O) groups excluding carboxylic acids is 2. The summed E-state index contributed by atoms with van der Waals surface area (Å²) in [7, 11) is 0. The van der Waals surface area contributed by atoms with E-state index < -0.39 is 12.2 Å². The van der Waals surface area contributed by atoms with Crippen LogP contribution in [0.3, 0.4) is 0 Å². The van der Waals surface area contributed by atoms with Gasteiger partial charge < -0.3 is 20.9 Å². The van der Waals surface area contributed by atoms with E-state index in [0.29, 0.717) is 25.0 Å².